The predicted octanol–water partition coefficient (Wildman–Crippen LogP) is 3.25. The lowest BCUT2D eigenvalue weighted by molar-refractivity contribution is -0.123. The molecule has 24 heavy (non-hydrogen) atoms. The number of benzene rings is 1. The van der Waals surface area contributed by atoms with E-state index in [9.17, 15) is 10.2 Å². The molecule has 0 spiro atoms. The average molecular weight is 333 g/mol. The lowest BCUT2D eigenvalue weighted by Gasteiger charge is -2.49. The lowest BCUT2D eigenvalue weighted by atomic mass is 9.59. The number of aryl methyl sites for hydroxylation is 1. The fraction of sp³-hybridized carbons (Fsp3) is 0.700. The number of aliphatic hydroxyl groups is 2. The first-order valence-corrected chi connectivity index (χ1v) is 9.41. The molecule has 1 aromatic carbocycles. The Balaban J connectivity index is 0.000000815. The van der Waals surface area contributed by atoms with Crippen LogP contribution >= 0.6 is 0 Å². The molecule has 0 bridgehead atoms. The third-order valence-electron chi connectivity index (χ3n) is 6.50. The molecule has 5 atom stereocenters. The van der Waals surface area contributed by atoms with Crippen LogP contribution in [0.4, 0.5) is 5.69 Å². The highest BCUT2D eigenvalue weighted by molar-refractivity contribution is 5.58. The van der Waals surface area contributed by atoms with E-state index >= 15 is 0 Å². The minimum absolute atomic E-state index is 0.234. The zero-order chi connectivity index (χ0) is 17.5. The number of nitrogens with two attached hydrogens (primary N) is 1. The monoisotopic (exact) mass is 333 g/mol. The summed E-state index contributed by atoms with van der Waals surface area (Å²) in [6.07, 6.45) is 4.88. The summed E-state index contributed by atoms with van der Waals surface area (Å²) >= 11 is 0. The van der Waals surface area contributed by atoms with E-state index < -0.39 is 11.7 Å². The van der Waals surface area contributed by atoms with Crippen LogP contribution in [0.1, 0.15) is 63.0 Å². The van der Waals surface area contributed by atoms with Gasteiger partial charge >= 0.3 is 0 Å². The van der Waals surface area contributed by atoms with Crippen LogP contribution in [0, 0.1) is 11.8 Å². The fourth-order valence-corrected chi connectivity index (χ4v) is 5.41. The van der Waals surface area contributed by atoms with Crippen LogP contribution in [0.25, 0.3) is 0 Å². The minimum Gasteiger partial charge on any atom is -0.495 e. The number of ether oxygens (including phenoxy) is 1. The Hall–Kier alpha value is -1.26. The number of rotatable bonds is 1. The van der Waals surface area contributed by atoms with E-state index in [1.165, 1.54) is 11.1 Å². The Kier molecular flexibility index (Phi) is 4.80. The first-order chi connectivity index (χ1) is 11.5. The third-order valence-corrected chi connectivity index (χ3v) is 6.50. The zero-order valence-corrected chi connectivity index (χ0v) is 15.1. The molecule has 4 heteroatoms. The van der Waals surface area contributed by atoms with Crippen molar-refractivity contribution in [2.24, 2.45) is 11.8 Å². The summed E-state index contributed by atoms with van der Waals surface area (Å²) in [7, 11) is 1.66. The SMILES string of the molecule is CC.COc1cc2c(cc1N)C1CCC3(O)C(O)CCC3C1CC2. The second kappa shape index (κ2) is 6.57. The van der Waals surface area contributed by atoms with E-state index in [-0.39, 0.29) is 5.92 Å². The molecule has 2 saturated carbocycles. The Morgan fingerprint density at radius 1 is 1.17 bits per heavy atom. The smallest absolute Gasteiger partial charge is 0.142 e. The minimum atomic E-state index is -0.851. The van der Waals surface area contributed by atoms with Gasteiger partial charge in [-0.2, -0.15) is 0 Å². The molecule has 0 saturated heterocycles. The van der Waals surface area contributed by atoms with Crippen molar-refractivity contribution in [3.05, 3.63) is 23.3 Å². The lowest BCUT2D eigenvalue weighted by Crippen LogP contribution is -2.51. The van der Waals surface area contributed by atoms with Gasteiger partial charge in [-0.05, 0) is 79.5 Å². The van der Waals surface area contributed by atoms with Crippen molar-refractivity contribution in [3.63, 3.8) is 0 Å². The second-order valence-electron chi connectivity index (χ2n) is 7.33. The molecule has 3 aliphatic carbocycles. The highest BCUT2D eigenvalue weighted by Crippen LogP contribution is 2.57. The van der Waals surface area contributed by atoms with Crippen molar-refractivity contribution in [3.8, 4) is 5.75 Å². The fourth-order valence-electron chi connectivity index (χ4n) is 5.41. The van der Waals surface area contributed by atoms with Crippen LogP contribution in [0.3, 0.4) is 0 Å². The van der Waals surface area contributed by atoms with Crippen molar-refractivity contribution in [2.75, 3.05) is 12.8 Å². The van der Waals surface area contributed by atoms with Crippen LogP contribution in [-0.2, 0) is 6.42 Å². The highest BCUT2D eigenvalue weighted by atomic mass is 16.5. The van der Waals surface area contributed by atoms with E-state index in [1.54, 1.807) is 7.11 Å². The number of anilines is 1. The zero-order valence-electron chi connectivity index (χ0n) is 15.1. The Morgan fingerprint density at radius 2 is 1.92 bits per heavy atom. The Bertz CT molecular complexity index is 603. The normalized spacial score (nSPS) is 36.7. The van der Waals surface area contributed by atoms with Crippen molar-refractivity contribution in [2.45, 2.75) is 70.0 Å². The number of fused-ring (bicyclic) bond motifs is 5. The summed E-state index contributed by atoms with van der Waals surface area (Å²) in [5.74, 6) is 1.93. The van der Waals surface area contributed by atoms with Gasteiger partial charge in [0.2, 0.25) is 0 Å². The molecule has 4 rings (SSSR count). The molecule has 0 aromatic heterocycles. The molecule has 0 radical (unpaired) electrons. The van der Waals surface area contributed by atoms with Crippen LogP contribution < -0.4 is 10.5 Å². The van der Waals surface area contributed by atoms with Crippen LogP contribution in [0.2, 0.25) is 0 Å². The average Bonchev–Trinajstić information content (AvgIpc) is 2.91. The van der Waals surface area contributed by atoms with E-state index in [1.807, 2.05) is 13.8 Å². The van der Waals surface area contributed by atoms with Gasteiger partial charge in [0, 0.05) is 0 Å². The molecule has 5 unspecified atom stereocenters. The van der Waals surface area contributed by atoms with Crippen LogP contribution in [0.15, 0.2) is 12.1 Å². The van der Waals surface area contributed by atoms with Gasteiger partial charge in [-0.3, -0.25) is 0 Å². The summed E-state index contributed by atoms with van der Waals surface area (Å²) in [5, 5.41) is 21.1. The Morgan fingerprint density at radius 3 is 2.62 bits per heavy atom. The van der Waals surface area contributed by atoms with Gasteiger partial charge in [0.05, 0.1) is 24.5 Å². The van der Waals surface area contributed by atoms with E-state index in [4.69, 9.17) is 10.5 Å². The molecule has 0 amide bonds. The molecule has 0 heterocycles. The molecule has 3 aliphatic rings. The van der Waals surface area contributed by atoms with E-state index in [0.717, 1.165) is 37.9 Å². The molecule has 4 N–H and O–H groups in total. The van der Waals surface area contributed by atoms with E-state index in [2.05, 4.69) is 12.1 Å². The van der Waals surface area contributed by atoms with Crippen LogP contribution in [-0.4, -0.2) is 29.0 Å². The molecular formula is C20H31NO3. The maximum absolute atomic E-state index is 10.9. The van der Waals surface area contributed by atoms with E-state index in [0.29, 0.717) is 23.9 Å². The number of hydrogen-bond acceptors (Lipinski definition) is 4. The predicted molar refractivity (Wildman–Crippen MR) is 96.2 cm³/mol. The van der Waals surface area contributed by atoms with Crippen molar-refractivity contribution in [1.29, 1.82) is 0 Å². The summed E-state index contributed by atoms with van der Waals surface area (Å²) in [6, 6.07) is 4.17. The van der Waals surface area contributed by atoms with Crippen molar-refractivity contribution < 1.29 is 14.9 Å². The molecule has 0 aliphatic heterocycles. The number of nitrogen functional groups attached to an aromatic ring is 1. The van der Waals surface area contributed by atoms with Gasteiger partial charge in [0.1, 0.15) is 5.75 Å². The van der Waals surface area contributed by atoms with Gasteiger partial charge in [-0.1, -0.05) is 13.8 Å². The standard InChI is InChI=1S/C18H25NO3.C2H6/c1-22-16-8-10-2-3-12-11(13(10)9-15(16)19)6-7-18(21)14(12)4-5-17(18)20;1-2/h8-9,11-12,14,17,20-21H,2-7,19H2,1H3;1-2H3. The topological polar surface area (TPSA) is 75.7 Å². The largest absolute Gasteiger partial charge is 0.495 e. The van der Waals surface area contributed by atoms with Crippen LogP contribution in [0.5, 0.6) is 5.75 Å². The molecule has 4 nitrogen and oxygen atoms in total. The van der Waals surface area contributed by atoms with Gasteiger partial charge in [-0.25, -0.2) is 0 Å². The molecule has 2 fully saturated rings. The molecular weight excluding hydrogens is 302 g/mol. The van der Waals surface area contributed by atoms with Gasteiger partial charge < -0.3 is 20.7 Å². The maximum Gasteiger partial charge on any atom is 0.142 e. The van der Waals surface area contributed by atoms with Gasteiger partial charge in [0.15, 0.2) is 0 Å². The maximum atomic E-state index is 10.9. The summed E-state index contributed by atoms with van der Waals surface area (Å²) < 4.78 is 5.35. The number of hydrogen-bond donors (Lipinski definition) is 3. The van der Waals surface area contributed by atoms with Gasteiger partial charge in [0.25, 0.3) is 0 Å². The first-order valence-electron chi connectivity index (χ1n) is 9.41. The highest BCUT2D eigenvalue weighted by Gasteiger charge is 2.56. The number of methoxy groups -OCH3 is 1. The van der Waals surface area contributed by atoms with Crippen molar-refractivity contribution >= 4 is 5.69 Å². The quantitative estimate of drug-likeness (QED) is 0.690. The summed E-state index contributed by atoms with van der Waals surface area (Å²) in [4.78, 5) is 0. The molecule has 134 valence electrons. The third kappa shape index (κ3) is 2.51. The second-order valence-corrected chi connectivity index (χ2v) is 7.33. The van der Waals surface area contributed by atoms with Crippen molar-refractivity contribution in [1.82, 2.24) is 0 Å². The Labute approximate surface area is 145 Å². The molecule has 1 aromatic rings. The first kappa shape index (κ1) is 17.6. The summed E-state index contributed by atoms with van der Waals surface area (Å²) in [6.45, 7) is 4.00. The number of aliphatic hydroxyl groups excluding tert-OH is 1. The van der Waals surface area contributed by atoms with Gasteiger partial charge in [-0.15, -0.1) is 0 Å². The summed E-state index contributed by atoms with van der Waals surface area (Å²) in [5.41, 5.74) is 8.66.